The number of carbonyl (C=O) groups excluding carboxylic acids is 1. The van der Waals surface area contributed by atoms with Gasteiger partial charge in [-0.15, -0.1) is 10.2 Å². The van der Waals surface area contributed by atoms with Crippen molar-refractivity contribution in [3.8, 4) is 0 Å². The van der Waals surface area contributed by atoms with E-state index in [1.165, 1.54) is 24.5 Å². The lowest BCUT2D eigenvalue weighted by Crippen LogP contribution is -2.06. The summed E-state index contributed by atoms with van der Waals surface area (Å²) in [7, 11) is 1.74. The van der Waals surface area contributed by atoms with Crippen LogP contribution in [0.2, 0.25) is 0 Å². The molecule has 0 unspecified atom stereocenters. The summed E-state index contributed by atoms with van der Waals surface area (Å²) in [6.07, 6.45) is 1.50. The molecule has 0 aliphatic heterocycles. The van der Waals surface area contributed by atoms with Gasteiger partial charge in [-0.2, -0.15) is 0 Å². The first-order chi connectivity index (χ1) is 12.9. The molecule has 3 aromatic rings. The molecule has 3 rings (SSSR count). The van der Waals surface area contributed by atoms with Gasteiger partial charge < -0.3 is 9.30 Å². The molecule has 0 saturated heterocycles. The normalized spacial score (nSPS) is 10.6. The zero-order valence-corrected chi connectivity index (χ0v) is 15.5. The molecule has 0 aliphatic rings. The minimum absolute atomic E-state index is 0.0996. The summed E-state index contributed by atoms with van der Waals surface area (Å²) in [6, 6.07) is 11.8. The van der Waals surface area contributed by atoms with Crippen LogP contribution in [0.4, 0.5) is 5.69 Å². The average Bonchev–Trinajstić information content (AvgIpc) is 3.06. The van der Waals surface area contributed by atoms with Crippen molar-refractivity contribution in [3.05, 3.63) is 75.6 Å². The van der Waals surface area contributed by atoms with E-state index in [-0.39, 0.29) is 17.9 Å². The van der Waals surface area contributed by atoms with Crippen LogP contribution in [0.3, 0.4) is 0 Å². The van der Waals surface area contributed by atoms with Gasteiger partial charge in [0, 0.05) is 13.1 Å². The molecule has 9 heteroatoms. The van der Waals surface area contributed by atoms with E-state index >= 15 is 0 Å². The van der Waals surface area contributed by atoms with Crippen molar-refractivity contribution in [1.82, 2.24) is 14.8 Å². The topological polar surface area (TPSA) is 100 Å². The fraction of sp³-hybridized carbons (Fsp3) is 0.167. The number of hydrogen-bond donors (Lipinski definition) is 0. The Kier molecular flexibility index (Phi) is 5.51. The van der Waals surface area contributed by atoms with Gasteiger partial charge in [0.05, 0.1) is 15.4 Å². The molecule has 0 fully saturated rings. The molecule has 1 aromatic heterocycles. The number of carbonyl (C=O) groups is 1. The second-order valence-corrected chi connectivity index (χ2v) is 6.84. The van der Waals surface area contributed by atoms with Gasteiger partial charge in [-0.25, -0.2) is 4.79 Å². The highest BCUT2D eigenvalue weighted by atomic mass is 32.2. The molecular weight excluding hydrogens is 368 g/mol. The van der Waals surface area contributed by atoms with Gasteiger partial charge in [0.15, 0.2) is 5.16 Å². The Hall–Kier alpha value is -3.20. The molecular formula is C18H16N4O4S. The maximum atomic E-state index is 12.3. The van der Waals surface area contributed by atoms with Crippen molar-refractivity contribution in [2.75, 3.05) is 0 Å². The van der Waals surface area contributed by atoms with E-state index in [4.69, 9.17) is 4.74 Å². The van der Waals surface area contributed by atoms with Crippen LogP contribution in [0.15, 0.2) is 58.8 Å². The molecule has 27 heavy (non-hydrogen) atoms. The summed E-state index contributed by atoms with van der Waals surface area (Å²) in [4.78, 5) is 23.5. The minimum atomic E-state index is -0.617. The lowest BCUT2D eigenvalue weighted by molar-refractivity contribution is -0.387. The van der Waals surface area contributed by atoms with Crippen LogP contribution in [0.5, 0.6) is 0 Å². The van der Waals surface area contributed by atoms with Gasteiger partial charge in [-0.1, -0.05) is 29.8 Å². The Morgan fingerprint density at radius 1 is 1.26 bits per heavy atom. The zero-order chi connectivity index (χ0) is 19.4. The third-order valence-electron chi connectivity index (χ3n) is 3.75. The molecule has 138 valence electrons. The lowest BCUT2D eigenvalue weighted by Gasteiger charge is -2.07. The summed E-state index contributed by atoms with van der Waals surface area (Å²) < 4.78 is 6.91. The number of aromatic nitrogens is 3. The highest BCUT2D eigenvalue weighted by Gasteiger charge is 2.20. The van der Waals surface area contributed by atoms with E-state index in [0.29, 0.717) is 10.1 Å². The number of esters is 1. The number of nitro benzene ring substituents is 1. The van der Waals surface area contributed by atoms with E-state index in [1.54, 1.807) is 11.6 Å². The van der Waals surface area contributed by atoms with Crippen LogP contribution in [-0.2, 0) is 18.4 Å². The van der Waals surface area contributed by atoms with E-state index in [0.717, 1.165) is 22.9 Å². The van der Waals surface area contributed by atoms with Crippen LogP contribution >= 0.6 is 11.8 Å². The fourth-order valence-electron chi connectivity index (χ4n) is 2.25. The largest absolute Gasteiger partial charge is 0.457 e. The molecule has 0 amide bonds. The Balaban J connectivity index is 1.76. The Morgan fingerprint density at radius 2 is 2.00 bits per heavy atom. The number of hydrogen-bond acceptors (Lipinski definition) is 7. The highest BCUT2D eigenvalue weighted by Crippen LogP contribution is 2.34. The van der Waals surface area contributed by atoms with Crippen molar-refractivity contribution in [1.29, 1.82) is 0 Å². The SMILES string of the molecule is Cc1ccc(COC(=O)c2ccc(Sc3nncn3C)c([N+](=O)[O-])c2)cc1. The summed E-state index contributed by atoms with van der Waals surface area (Å²) in [5.41, 5.74) is 1.89. The van der Waals surface area contributed by atoms with Gasteiger partial charge >= 0.3 is 5.97 Å². The fourth-order valence-corrected chi connectivity index (χ4v) is 3.10. The first-order valence-corrected chi connectivity index (χ1v) is 8.78. The van der Waals surface area contributed by atoms with Gasteiger partial charge in [0.25, 0.3) is 5.69 Å². The molecule has 8 nitrogen and oxygen atoms in total. The van der Waals surface area contributed by atoms with Crippen LogP contribution < -0.4 is 0 Å². The first-order valence-electron chi connectivity index (χ1n) is 7.97. The van der Waals surface area contributed by atoms with Crippen LogP contribution in [0.25, 0.3) is 0 Å². The van der Waals surface area contributed by atoms with Crippen molar-refractivity contribution in [2.45, 2.75) is 23.6 Å². The van der Waals surface area contributed by atoms with Crippen LogP contribution in [-0.4, -0.2) is 25.7 Å². The number of nitrogens with zero attached hydrogens (tertiary/aromatic N) is 4. The average molecular weight is 384 g/mol. The zero-order valence-electron chi connectivity index (χ0n) is 14.7. The molecule has 0 aliphatic carbocycles. The Morgan fingerprint density at radius 3 is 2.63 bits per heavy atom. The quantitative estimate of drug-likeness (QED) is 0.364. The molecule has 0 saturated carbocycles. The van der Waals surface area contributed by atoms with Crippen molar-refractivity contribution < 1.29 is 14.5 Å². The number of aryl methyl sites for hydroxylation is 2. The predicted molar refractivity (Wildman–Crippen MR) is 98.5 cm³/mol. The van der Waals surface area contributed by atoms with Crippen LogP contribution in [0, 0.1) is 17.0 Å². The number of ether oxygens (including phenoxy) is 1. The monoisotopic (exact) mass is 384 g/mol. The second-order valence-electron chi connectivity index (χ2n) is 5.83. The Labute approximate surface area is 159 Å². The van der Waals surface area contributed by atoms with Gasteiger partial charge in [-0.05, 0) is 36.4 Å². The van der Waals surface area contributed by atoms with E-state index in [2.05, 4.69) is 10.2 Å². The highest BCUT2D eigenvalue weighted by molar-refractivity contribution is 7.99. The van der Waals surface area contributed by atoms with Gasteiger partial charge in [0.2, 0.25) is 0 Å². The molecule has 0 spiro atoms. The molecule has 1 heterocycles. The summed E-state index contributed by atoms with van der Waals surface area (Å²) in [5.74, 6) is -0.617. The Bertz CT molecular complexity index is 985. The van der Waals surface area contributed by atoms with Crippen molar-refractivity contribution in [2.24, 2.45) is 7.05 Å². The minimum Gasteiger partial charge on any atom is -0.457 e. The molecule has 0 radical (unpaired) electrons. The maximum Gasteiger partial charge on any atom is 0.338 e. The predicted octanol–water partition coefficient (Wildman–Crippen LogP) is 3.54. The van der Waals surface area contributed by atoms with Crippen molar-refractivity contribution >= 4 is 23.4 Å². The van der Waals surface area contributed by atoms with Gasteiger partial charge in [0.1, 0.15) is 12.9 Å². The van der Waals surface area contributed by atoms with E-state index in [9.17, 15) is 14.9 Å². The second kappa shape index (κ2) is 8.00. The number of rotatable bonds is 6. The standard InChI is InChI=1S/C18H16N4O4S/c1-12-3-5-13(6-4-12)10-26-17(23)14-7-8-16(15(9-14)22(24)25)27-18-20-19-11-21(18)2/h3-9,11H,10H2,1-2H3. The smallest absolute Gasteiger partial charge is 0.338 e. The van der Waals surface area contributed by atoms with E-state index < -0.39 is 10.9 Å². The molecule has 2 aromatic carbocycles. The number of nitro groups is 1. The summed E-state index contributed by atoms with van der Waals surface area (Å²) in [6.45, 7) is 2.07. The van der Waals surface area contributed by atoms with E-state index in [1.807, 2.05) is 31.2 Å². The molecule has 0 N–H and O–H groups in total. The van der Waals surface area contributed by atoms with Crippen LogP contribution in [0.1, 0.15) is 21.5 Å². The lowest BCUT2D eigenvalue weighted by atomic mass is 10.1. The third-order valence-corrected chi connectivity index (χ3v) is 4.87. The summed E-state index contributed by atoms with van der Waals surface area (Å²) >= 11 is 1.10. The first kappa shape index (κ1) is 18.6. The number of benzene rings is 2. The maximum absolute atomic E-state index is 12.3. The van der Waals surface area contributed by atoms with Crippen molar-refractivity contribution in [3.63, 3.8) is 0 Å². The third kappa shape index (κ3) is 4.50. The summed E-state index contributed by atoms with van der Waals surface area (Å²) in [5, 5.41) is 19.6. The van der Waals surface area contributed by atoms with Gasteiger partial charge in [-0.3, -0.25) is 10.1 Å². The molecule has 0 bridgehead atoms. The molecule has 0 atom stereocenters.